The Morgan fingerprint density at radius 3 is 2.40 bits per heavy atom. The zero-order chi connectivity index (χ0) is 20.7. The lowest BCUT2D eigenvalue weighted by molar-refractivity contribution is -0.137. The Labute approximate surface area is 190 Å². The fourth-order valence-corrected chi connectivity index (χ4v) is 2.90. The molecule has 0 aliphatic carbocycles. The largest absolute Gasteiger partial charge is 0.416 e. The van der Waals surface area contributed by atoms with Crippen LogP contribution in [0, 0.1) is 0 Å². The van der Waals surface area contributed by atoms with E-state index in [1.54, 1.807) is 19.3 Å². The highest BCUT2D eigenvalue weighted by Gasteiger charge is 2.30. The van der Waals surface area contributed by atoms with Gasteiger partial charge in [-0.1, -0.05) is 36.4 Å². The molecular formula is C21H23F3IN5. The Bertz CT molecular complexity index is 955. The molecule has 0 fully saturated rings. The first-order valence-electron chi connectivity index (χ1n) is 9.10. The van der Waals surface area contributed by atoms with Gasteiger partial charge in [0.05, 0.1) is 12.1 Å². The van der Waals surface area contributed by atoms with Crippen LogP contribution in [-0.4, -0.2) is 22.8 Å². The highest BCUT2D eigenvalue weighted by atomic mass is 127. The number of aromatic nitrogens is 2. The first-order valence-corrected chi connectivity index (χ1v) is 9.10. The maximum atomic E-state index is 12.9. The van der Waals surface area contributed by atoms with Crippen LogP contribution in [0.15, 0.2) is 72.0 Å². The molecule has 0 spiro atoms. The molecule has 0 aliphatic heterocycles. The van der Waals surface area contributed by atoms with E-state index in [-0.39, 0.29) is 30.5 Å². The van der Waals surface area contributed by atoms with E-state index in [1.165, 1.54) is 6.07 Å². The smallest absolute Gasteiger partial charge is 0.352 e. The average molecular weight is 529 g/mol. The molecule has 0 bridgehead atoms. The van der Waals surface area contributed by atoms with Gasteiger partial charge in [-0.2, -0.15) is 18.3 Å². The second-order valence-electron chi connectivity index (χ2n) is 6.45. The van der Waals surface area contributed by atoms with Gasteiger partial charge in [0.25, 0.3) is 0 Å². The van der Waals surface area contributed by atoms with Crippen LogP contribution in [0.1, 0.15) is 22.3 Å². The molecule has 0 saturated heterocycles. The SMILES string of the molecule is CN=C(NCc1cccc(C(F)(F)F)c1)NCc1ccccc1Cn1cccn1.I. The molecule has 0 aliphatic rings. The minimum atomic E-state index is -4.35. The Balaban J connectivity index is 0.00000320. The summed E-state index contributed by atoms with van der Waals surface area (Å²) >= 11 is 0. The van der Waals surface area contributed by atoms with Gasteiger partial charge in [0, 0.05) is 32.5 Å². The van der Waals surface area contributed by atoms with Crippen LogP contribution in [0.2, 0.25) is 0 Å². The molecule has 0 atom stereocenters. The van der Waals surface area contributed by atoms with Gasteiger partial charge in [0.15, 0.2) is 5.96 Å². The molecule has 1 aromatic heterocycles. The number of nitrogens with one attached hydrogen (secondary N) is 2. The Hall–Kier alpha value is -2.56. The minimum absolute atomic E-state index is 0. The van der Waals surface area contributed by atoms with Gasteiger partial charge < -0.3 is 10.6 Å². The van der Waals surface area contributed by atoms with E-state index in [1.807, 2.05) is 41.2 Å². The van der Waals surface area contributed by atoms with Crippen LogP contribution >= 0.6 is 24.0 Å². The molecule has 0 radical (unpaired) electrons. The summed E-state index contributed by atoms with van der Waals surface area (Å²) in [6, 6.07) is 15.1. The lowest BCUT2D eigenvalue weighted by atomic mass is 10.1. The molecule has 160 valence electrons. The predicted molar refractivity (Wildman–Crippen MR) is 122 cm³/mol. The topological polar surface area (TPSA) is 54.2 Å². The molecule has 1 heterocycles. The Morgan fingerprint density at radius 1 is 1.00 bits per heavy atom. The zero-order valence-electron chi connectivity index (χ0n) is 16.4. The zero-order valence-corrected chi connectivity index (χ0v) is 18.7. The average Bonchev–Trinajstić information content (AvgIpc) is 3.22. The molecule has 2 aromatic carbocycles. The molecule has 0 saturated carbocycles. The quantitative estimate of drug-likeness (QED) is 0.282. The number of guanidine groups is 1. The summed E-state index contributed by atoms with van der Waals surface area (Å²) in [6.45, 7) is 1.42. The van der Waals surface area contributed by atoms with Crippen molar-refractivity contribution in [1.29, 1.82) is 0 Å². The Morgan fingerprint density at radius 2 is 1.73 bits per heavy atom. The van der Waals surface area contributed by atoms with E-state index in [4.69, 9.17) is 0 Å². The number of hydrogen-bond donors (Lipinski definition) is 2. The third-order valence-corrected chi connectivity index (χ3v) is 4.39. The molecule has 3 aromatic rings. The first kappa shape index (κ1) is 23.7. The van der Waals surface area contributed by atoms with E-state index in [0.717, 1.165) is 23.3 Å². The van der Waals surface area contributed by atoms with E-state index in [2.05, 4.69) is 20.7 Å². The van der Waals surface area contributed by atoms with Gasteiger partial charge in [0.2, 0.25) is 0 Å². The van der Waals surface area contributed by atoms with Gasteiger partial charge in [-0.25, -0.2) is 0 Å². The molecule has 9 heteroatoms. The van der Waals surface area contributed by atoms with Crippen molar-refractivity contribution in [2.45, 2.75) is 25.8 Å². The van der Waals surface area contributed by atoms with E-state index >= 15 is 0 Å². The fraction of sp³-hybridized carbons (Fsp3) is 0.238. The molecular weight excluding hydrogens is 506 g/mol. The number of halogens is 4. The number of aliphatic imine (C=N–C) groups is 1. The third-order valence-electron chi connectivity index (χ3n) is 4.39. The summed E-state index contributed by atoms with van der Waals surface area (Å²) in [4.78, 5) is 4.15. The van der Waals surface area contributed by atoms with Crippen LogP contribution < -0.4 is 10.6 Å². The highest BCUT2D eigenvalue weighted by Crippen LogP contribution is 2.29. The van der Waals surface area contributed by atoms with Gasteiger partial charge in [0.1, 0.15) is 0 Å². The number of hydrogen-bond acceptors (Lipinski definition) is 2. The molecule has 5 nitrogen and oxygen atoms in total. The van der Waals surface area contributed by atoms with Crippen molar-refractivity contribution in [3.05, 3.63) is 89.2 Å². The van der Waals surface area contributed by atoms with Crippen LogP contribution in [0.5, 0.6) is 0 Å². The minimum Gasteiger partial charge on any atom is -0.352 e. The second-order valence-corrected chi connectivity index (χ2v) is 6.45. The van der Waals surface area contributed by atoms with Crippen molar-refractivity contribution in [1.82, 2.24) is 20.4 Å². The lowest BCUT2D eigenvalue weighted by Gasteiger charge is -2.15. The van der Waals surface area contributed by atoms with Crippen molar-refractivity contribution >= 4 is 29.9 Å². The number of rotatable bonds is 6. The van der Waals surface area contributed by atoms with Crippen LogP contribution in [0.25, 0.3) is 0 Å². The number of benzene rings is 2. The summed E-state index contributed by atoms with van der Waals surface area (Å²) in [6.07, 6.45) is -0.714. The van der Waals surface area contributed by atoms with Crippen LogP contribution in [0.3, 0.4) is 0 Å². The highest BCUT2D eigenvalue weighted by molar-refractivity contribution is 14.0. The maximum Gasteiger partial charge on any atom is 0.416 e. The van der Waals surface area contributed by atoms with Gasteiger partial charge in [-0.15, -0.1) is 24.0 Å². The van der Waals surface area contributed by atoms with Crippen molar-refractivity contribution in [3.8, 4) is 0 Å². The van der Waals surface area contributed by atoms with Gasteiger partial charge in [-0.3, -0.25) is 9.67 Å². The summed E-state index contributed by atoms with van der Waals surface area (Å²) in [5, 5.41) is 10.5. The van der Waals surface area contributed by atoms with Crippen molar-refractivity contribution in [3.63, 3.8) is 0 Å². The molecule has 0 amide bonds. The van der Waals surface area contributed by atoms with Crippen molar-refractivity contribution in [2.75, 3.05) is 7.05 Å². The Kier molecular flexibility index (Phi) is 8.70. The predicted octanol–water partition coefficient (Wildman–Crippen LogP) is 4.43. The summed E-state index contributed by atoms with van der Waals surface area (Å²) in [5.41, 5.74) is 2.08. The van der Waals surface area contributed by atoms with Crippen LogP contribution in [0.4, 0.5) is 13.2 Å². The van der Waals surface area contributed by atoms with Crippen molar-refractivity contribution < 1.29 is 13.2 Å². The molecule has 2 N–H and O–H groups in total. The normalized spacial score (nSPS) is 11.7. The van der Waals surface area contributed by atoms with E-state index in [9.17, 15) is 13.2 Å². The third kappa shape index (κ3) is 6.75. The molecule has 30 heavy (non-hydrogen) atoms. The number of alkyl halides is 3. The first-order chi connectivity index (χ1) is 14.0. The summed E-state index contributed by atoms with van der Waals surface area (Å²) in [7, 11) is 1.62. The van der Waals surface area contributed by atoms with Gasteiger partial charge >= 0.3 is 6.18 Å². The number of nitrogens with zero attached hydrogens (tertiary/aromatic N) is 3. The summed E-state index contributed by atoms with van der Waals surface area (Å²) in [5.74, 6) is 0.510. The van der Waals surface area contributed by atoms with E-state index in [0.29, 0.717) is 24.6 Å². The van der Waals surface area contributed by atoms with Crippen LogP contribution in [-0.2, 0) is 25.8 Å². The van der Waals surface area contributed by atoms with Gasteiger partial charge in [-0.05, 0) is 34.9 Å². The summed E-state index contributed by atoms with van der Waals surface area (Å²) < 4.78 is 40.4. The second kappa shape index (κ2) is 11.0. The van der Waals surface area contributed by atoms with E-state index < -0.39 is 11.7 Å². The van der Waals surface area contributed by atoms with Crippen molar-refractivity contribution in [2.24, 2.45) is 4.99 Å². The maximum absolute atomic E-state index is 12.9. The monoisotopic (exact) mass is 529 g/mol. The molecule has 3 rings (SSSR count). The molecule has 0 unspecified atom stereocenters. The fourth-order valence-electron chi connectivity index (χ4n) is 2.90. The lowest BCUT2D eigenvalue weighted by Crippen LogP contribution is -2.36. The standard InChI is InChI=1S/C21H22F3N5.HI/c1-25-20(26-13-16-6-4-9-19(12-16)21(22,23)24)27-14-17-7-2-3-8-18(17)15-29-11-5-10-28-29;/h2-12H,13-15H2,1H3,(H2,25,26,27);1H.